The van der Waals surface area contributed by atoms with Crippen LogP contribution < -0.4 is 37.0 Å². The molecular weight excluding hydrogens is 1630 g/mol. The van der Waals surface area contributed by atoms with E-state index in [0.29, 0.717) is 109 Å². The number of carbonyl (C=O) groups is 3. The smallest absolute Gasteiger partial charge is 0.269 e. The lowest BCUT2D eigenvalue weighted by Crippen LogP contribution is -2.42. The molecule has 0 bridgehead atoms. The van der Waals surface area contributed by atoms with Crippen molar-refractivity contribution in [1.82, 2.24) is 28.9 Å². The maximum Gasteiger partial charge on any atom is 0.269 e. The van der Waals surface area contributed by atoms with Crippen LogP contribution in [0.1, 0.15) is 84.2 Å². The highest BCUT2D eigenvalue weighted by Crippen LogP contribution is 2.33. The molecule has 594 valence electrons. The van der Waals surface area contributed by atoms with E-state index in [1.54, 1.807) is 66.4 Å². The number of thioether (sulfide) groups is 1. The fourth-order valence-electron chi connectivity index (χ4n) is 11.9. The molecule has 3 aliphatic rings. The van der Waals surface area contributed by atoms with Crippen LogP contribution in [0.3, 0.4) is 0 Å². The zero-order valence-electron chi connectivity index (χ0n) is 59.9. The van der Waals surface area contributed by atoms with Crippen molar-refractivity contribution in [3.8, 4) is 0 Å². The number of nitrogens with one attached hydrogen (secondary N) is 6. The first-order valence-electron chi connectivity index (χ1n) is 34.3. The van der Waals surface area contributed by atoms with Gasteiger partial charge < -0.3 is 31.9 Å². The van der Waals surface area contributed by atoms with Gasteiger partial charge in [-0.3, -0.25) is 44.7 Å². The first kappa shape index (κ1) is 84.8. The van der Waals surface area contributed by atoms with Crippen LogP contribution in [0, 0.1) is 30.3 Å². The summed E-state index contributed by atoms with van der Waals surface area (Å²) in [6, 6.07) is 46.4. The number of nitrogens with zero attached hydrogens (tertiary/aromatic N) is 6. The van der Waals surface area contributed by atoms with Gasteiger partial charge in [0, 0.05) is 153 Å². The largest absolute Gasteiger partial charge is 0.382 e. The molecule has 3 amide bonds. The number of hydrogen-bond acceptors (Lipinski definition) is 26. The van der Waals surface area contributed by atoms with Gasteiger partial charge in [0.25, 0.3) is 64.9 Å². The number of carbonyl (C=O) groups excluding carboxylic acids is 3. The van der Waals surface area contributed by atoms with Gasteiger partial charge in [-0.2, -0.15) is 12.9 Å². The Bertz CT molecular complexity index is 5260. The molecule has 12 rings (SSSR count). The third-order valence-electron chi connectivity index (χ3n) is 18.0. The normalized spacial score (nSPS) is 15.1. The van der Waals surface area contributed by atoms with E-state index in [4.69, 9.17) is 5.14 Å². The van der Waals surface area contributed by atoms with Crippen LogP contribution in [-0.4, -0.2) is 157 Å². The maximum absolute atomic E-state index is 13.2. The fourth-order valence-corrected chi connectivity index (χ4v) is 22.3. The maximum atomic E-state index is 13.2. The molecule has 0 atom stereocenters. The van der Waals surface area contributed by atoms with E-state index in [1.165, 1.54) is 121 Å². The van der Waals surface area contributed by atoms with Crippen molar-refractivity contribution in [2.75, 3.05) is 67.7 Å². The van der Waals surface area contributed by atoms with Gasteiger partial charge in [0.2, 0.25) is 10.0 Å². The van der Waals surface area contributed by atoms with Crippen molar-refractivity contribution in [1.29, 1.82) is 0 Å². The molecule has 0 radical (unpaired) electrons. The summed E-state index contributed by atoms with van der Waals surface area (Å²) < 4.78 is 131. The Hall–Kier alpha value is -9.63. The first-order valence-corrected chi connectivity index (χ1v) is 45.8. The SMILES string of the molecule is CS(=O)(=O)c1cccc(NC2CCN(S(=O)(=O)c3ccc(CNC(=O)c4ccc([N+](=O)[O-])cc4)s3)CC2)c1.CSc1cccc(NC2CCN(S(=O)(=O)c3ccc(CNC(=O)c4ccc([N+](=O)[O-])cc4)s3)CC2)c1.NS(=O)(=O)c1cccc(NC2CCN(S(=O)(=O)c3ccc(CNC(=O)c4ccc([N+](=O)[O-])cc4)s3)CC2)c1. The summed E-state index contributed by atoms with van der Waals surface area (Å²) in [4.78, 5) is 71.0. The number of sulfone groups is 1. The molecule has 9 aromatic rings. The number of amides is 3. The quantitative estimate of drug-likeness (QED) is 0.0143. The number of anilines is 3. The summed E-state index contributed by atoms with van der Waals surface area (Å²) in [5.74, 6) is -1.24. The van der Waals surface area contributed by atoms with E-state index in [2.05, 4.69) is 44.0 Å². The lowest BCUT2D eigenvalue weighted by molar-refractivity contribution is -0.385. The van der Waals surface area contributed by atoms with Gasteiger partial charge in [0.05, 0.1) is 44.2 Å². The number of thiophene rings is 3. The number of non-ortho nitro benzene ring substituents is 3. The molecule has 112 heavy (non-hydrogen) atoms. The Balaban J connectivity index is 0.000000178. The fraction of sp³-hybridized carbons (Fsp3) is 0.282. The minimum absolute atomic E-state index is 0.0000497. The second-order valence-corrected chi connectivity index (χ2v) is 40.2. The zero-order chi connectivity index (χ0) is 80.7. The molecule has 0 spiro atoms. The molecular formula is C71H77N13O19S9. The van der Waals surface area contributed by atoms with Crippen molar-refractivity contribution >= 4 is 148 Å². The van der Waals surface area contributed by atoms with E-state index in [1.807, 2.05) is 18.4 Å². The van der Waals surface area contributed by atoms with Crippen molar-refractivity contribution in [3.05, 3.63) is 244 Å². The zero-order valence-corrected chi connectivity index (χ0v) is 67.2. The van der Waals surface area contributed by atoms with Crippen LogP contribution in [-0.2, 0) is 69.6 Å². The minimum atomic E-state index is -3.82. The molecule has 0 saturated carbocycles. The van der Waals surface area contributed by atoms with Crippen molar-refractivity contribution in [2.45, 2.75) is 104 Å². The molecule has 3 aromatic heterocycles. The van der Waals surface area contributed by atoms with Gasteiger partial charge in [-0.05, 0) is 172 Å². The number of hydrogen-bond donors (Lipinski definition) is 7. The Morgan fingerprint density at radius 3 is 0.991 bits per heavy atom. The first-order chi connectivity index (χ1) is 53.1. The summed E-state index contributed by atoms with van der Waals surface area (Å²) in [6.45, 7) is 2.48. The van der Waals surface area contributed by atoms with Gasteiger partial charge >= 0.3 is 0 Å². The molecule has 3 aliphatic heterocycles. The predicted octanol–water partition coefficient (Wildman–Crippen LogP) is 10.3. The van der Waals surface area contributed by atoms with Crippen molar-refractivity contribution in [3.63, 3.8) is 0 Å². The molecule has 0 unspecified atom stereocenters. The lowest BCUT2D eigenvalue weighted by Gasteiger charge is -2.31. The van der Waals surface area contributed by atoms with Gasteiger partial charge in [0.15, 0.2) is 9.84 Å². The number of piperidine rings is 3. The van der Waals surface area contributed by atoms with Crippen LogP contribution in [0.5, 0.6) is 0 Å². The van der Waals surface area contributed by atoms with Crippen LogP contribution in [0.15, 0.2) is 209 Å². The Morgan fingerprint density at radius 2 is 0.705 bits per heavy atom. The third kappa shape index (κ3) is 22.8. The van der Waals surface area contributed by atoms with Crippen LogP contribution in [0.4, 0.5) is 34.1 Å². The summed E-state index contributed by atoms with van der Waals surface area (Å²) in [5, 5.41) is 55.6. The number of sulfonamides is 4. The molecule has 8 N–H and O–H groups in total. The number of nitrogens with two attached hydrogens (primary N) is 1. The van der Waals surface area contributed by atoms with Gasteiger partial charge in [-0.15, -0.1) is 45.8 Å². The summed E-state index contributed by atoms with van der Waals surface area (Å²) in [7, 11) is -18.2. The lowest BCUT2D eigenvalue weighted by atomic mass is 10.1. The molecule has 32 nitrogen and oxygen atoms in total. The molecule has 3 fully saturated rings. The van der Waals surface area contributed by atoms with Gasteiger partial charge in [-0.1, -0.05) is 18.2 Å². The van der Waals surface area contributed by atoms with Gasteiger partial charge in [-0.25, -0.2) is 47.2 Å². The van der Waals surface area contributed by atoms with E-state index in [-0.39, 0.29) is 94.3 Å². The summed E-state index contributed by atoms with van der Waals surface area (Å²) in [6.07, 6.45) is 6.80. The minimum Gasteiger partial charge on any atom is -0.382 e. The molecule has 6 aromatic carbocycles. The molecule has 6 heterocycles. The molecule has 0 aliphatic carbocycles. The van der Waals surface area contributed by atoms with Crippen LogP contribution in [0.25, 0.3) is 0 Å². The second kappa shape index (κ2) is 37.3. The highest BCUT2D eigenvalue weighted by atomic mass is 32.3. The average Bonchev–Trinajstić information content (AvgIpc) is 1.52. The van der Waals surface area contributed by atoms with Gasteiger partial charge in [0.1, 0.15) is 12.6 Å². The van der Waals surface area contributed by atoms with E-state index < -0.39 is 76.5 Å². The Morgan fingerprint density at radius 1 is 0.420 bits per heavy atom. The predicted molar refractivity (Wildman–Crippen MR) is 428 cm³/mol. The third-order valence-corrected chi connectivity index (χ3v) is 31.1. The highest BCUT2D eigenvalue weighted by Gasteiger charge is 2.34. The van der Waals surface area contributed by atoms with E-state index in [9.17, 15) is 86.8 Å². The molecule has 41 heteroatoms. The van der Waals surface area contributed by atoms with Crippen LogP contribution in [0.2, 0.25) is 0 Å². The number of nitro benzene ring substituents is 3. The van der Waals surface area contributed by atoms with Crippen molar-refractivity contribution in [2.24, 2.45) is 5.14 Å². The Kier molecular flexibility index (Phi) is 28.3. The molecule has 3 saturated heterocycles. The Labute approximate surface area is 662 Å². The highest BCUT2D eigenvalue weighted by molar-refractivity contribution is 7.98. The second-order valence-electron chi connectivity index (χ2n) is 25.7. The number of primary sulfonamides is 1. The standard InChI is InChI=1S/C24H26N4O7S3.C24H26N4O5S3.C23H25N5O7S3/c1-37(32,33)22-4-2-3-19(15-22)26-18-11-13-27(14-12-18)38(34,35)23-10-9-21(36-23)16-25-24(29)17-5-7-20(8-6-17)28(30)31;1-34-21-4-2-3-19(15-21)26-18-11-13-27(14-12-18)36(32,33)23-10-9-22(35-23)16-25-24(29)17-5-7-20(8-6-17)28(30)31;24-37(32,33)21-3-1-2-18(14-21)26-17-10-12-27(13-11-17)38(34,35)22-9-8-20(36-22)15-25-23(29)16-4-6-19(7-5-16)28(30)31/h2-10,15,18,26H,11-14,16H2,1H3,(H,25,29);2-10,15,18,26H,11-14,16H2,1H3,(H,25,29);1-9,14,17,26H,10-13,15H2,(H,25,29)(H2,24,32,33). The topological polar surface area (TPSA) is 459 Å². The number of nitro groups is 3. The summed E-state index contributed by atoms with van der Waals surface area (Å²) >= 11 is 4.96. The average molecular weight is 1710 g/mol. The number of rotatable bonds is 27. The van der Waals surface area contributed by atoms with E-state index in [0.717, 1.165) is 46.0 Å². The van der Waals surface area contributed by atoms with Crippen LogP contribution >= 0.6 is 45.8 Å². The summed E-state index contributed by atoms with van der Waals surface area (Å²) in [5.41, 5.74) is 2.80. The van der Waals surface area contributed by atoms with Crippen molar-refractivity contribution < 1.29 is 71.2 Å². The number of benzene rings is 6. The van der Waals surface area contributed by atoms with E-state index >= 15 is 0 Å². The monoisotopic (exact) mass is 1700 g/mol.